The van der Waals surface area contributed by atoms with E-state index in [4.69, 9.17) is 11.6 Å². The first-order valence-corrected chi connectivity index (χ1v) is 5.15. The van der Waals surface area contributed by atoms with Gasteiger partial charge in [-0.2, -0.15) is 0 Å². The molecule has 3 rings (SSSR count). The van der Waals surface area contributed by atoms with E-state index >= 15 is 0 Å². The molecule has 0 aliphatic carbocycles. The third-order valence-corrected chi connectivity index (χ3v) is 3.04. The normalized spacial score (nSPS) is 11.3. The van der Waals surface area contributed by atoms with Gasteiger partial charge in [0, 0.05) is 11.2 Å². The minimum Gasteiger partial charge on any atom is -0.313 e. The van der Waals surface area contributed by atoms with Crippen molar-refractivity contribution in [2.45, 2.75) is 6.92 Å². The van der Waals surface area contributed by atoms with E-state index in [0.717, 1.165) is 27.1 Å². The van der Waals surface area contributed by atoms with Crippen molar-refractivity contribution in [1.29, 1.82) is 0 Å². The van der Waals surface area contributed by atoms with Crippen LogP contribution in [0.25, 0.3) is 16.6 Å². The standard InChI is InChI=1S/C12H9ClN2/c1-8-5-11-12(6-10(8)13)15-4-2-3-9(15)7-14-11/h2-7H,1H3. The summed E-state index contributed by atoms with van der Waals surface area (Å²) in [4.78, 5) is 4.40. The predicted molar refractivity (Wildman–Crippen MR) is 62.4 cm³/mol. The maximum Gasteiger partial charge on any atom is 0.0874 e. The summed E-state index contributed by atoms with van der Waals surface area (Å²) in [5.41, 5.74) is 4.17. The highest BCUT2D eigenvalue weighted by molar-refractivity contribution is 6.32. The van der Waals surface area contributed by atoms with Crippen LogP contribution in [-0.2, 0) is 0 Å². The van der Waals surface area contributed by atoms with Crippen LogP contribution in [0, 0.1) is 6.92 Å². The van der Waals surface area contributed by atoms with Gasteiger partial charge in [0.15, 0.2) is 0 Å². The maximum absolute atomic E-state index is 6.11. The molecule has 15 heavy (non-hydrogen) atoms. The summed E-state index contributed by atoms with van der Waals surface area (Å²) in [6, 6.07) is 8.01. The van der Waals surface area contributed by atoms with E-state index < -0.39 is 0 Å². The number of nitrogens with zero attached hydrogens (tertiary/aromatic N) is 2. The van der Waals surface area contributed by atoms with Gasteiger partial charge in [-0.25, -0.2) is 0 Å². The fourth-order valence-corrected chi connectivity index (χ4v) is 1.96. The molecule has 0 fully saturated rings. The fourth-order valence-electron chi connectivity index (χ4n) is 1.81. The molecular formula is C12H9ClN2. The number of benzene rings is 1. The fraction of sp³-hybridized carbons (Fsp3) is 0.0833. The Balaban J connectivity index is 2.57. The molecule has 2 nitrogen and oxygen atoms in total. The molecule has 74 valence electrons. The number of hydrogen-bond donors (Lipinski definition) is 0. The van der Waals surface area contributed by atoms with Gasteiger partial charge in [0.2, 0.25) is 0 Å². The van der Waals surface area contributed by atoms with Crippen LogP contribution in [0.4, 0.5) is 0 Å². The first-order chi connectivity index (χ1) is 7.25. The molecule has 2 heterocycles. The third kappa shape index (κ3) is 1.22. The monoisotopic (exact) mass is 216 g/mol. The lowest BCUT2D eigenvalue weighted by Crippen LogP contribution is -1.90. The van der Waals surface area contributed by atoms with E-state index in [0.29, 0.717) is 0 Å². The molecule has 0 saturated heterocycles. The zero-order chi connectivity index (χ0) is 10.4. The summed E-state index contributed by atoms with van der Waals surface area (Å²) < 4.78 is 2.09. The van der Waals surface area contributed by atoms with Crippen LogP contribution in [0.1, 0.15) is 5.56 Å². The lowest BCUT2D eigenvalue weighted by molar-refractivity contribution is 1.22. The lowest BCUT2D eigenvalue weighted by Gasteiger charge is -2.04. The second kappa shape index (κ2) is 2.97. The molecule has 0 aliphatic rings. The smallest absolute Gasteiger partial charge is 0.0874 e. The molecule has 0 unspecified atom stereocenters. The van der Waals surface area contributed by atoms with E-state index in [-0.39, 0.29) is 0 Å². The van der Waals surface area contributed by atoms with E-state index in [2.05, 4.69) is 9.38 Å². The van der Waals surface area contributed by atoms with Gasteiger partial charge in [0.25, 0.3) is 0 Å². The summed E-state index contributed by atoms with van der Waals surface area (Å²) in [7, 11) is 0. The minimum absolute atomic E-state index is 0.783. The second-order valence-electron chi connectivity index (χ2n) is 3.65. The Morgan fingerprint density at radius 3 is 3.07 bits per heavy atom. The molecular weight excluding hydrogens is 208 g/mol. The van der Waals surface area contributed by atoms with Crippen LogP contribution >= 0.6 is 11.6 Å². The molecule has 1 aromatic carbocycles. The van der Waals surface area contributed by atoms with Crippen molar-refractivity contribution in [3.63, 3.8) is 0 Å². The highest BCUT2D eigenvalue weighted by Gasteiger charge is 2.03. The molecule has 3 aromatic rings. The van der Waals surface area contributed by atoms with Crippen molar-refractivity contribution in [1.82, 2.24) is 9.38 Å². The highest BCUT2D eigenvalue weighted by Crippen LogP contribution is 2.23. The number of halogens is 1. The molecule has 0 saturated carbocycles. The largest absolute Gasteiger partial charge is 0.313 e. The number of rotatable bonds is 0. The van der Waals surface area contributed by atoms with Crippen molar-refractivity contribution in [3.8, 4) is 0 Å². The van der Waals surface area contributed by atoms with Gasteiger partial charge >= 0.3 is 0 Å². The van der Waals surface area contributed by atoms with Gasteiger partial charge < -0.3 is 4.40 Å². The van der Waals surface area contributed by atoms with E-state index in [1.54, 1.807) is 0 Å². The molecule has 0 bridgehead atoms. The molecule has 0 spiro atoms. The van der Waals surface area contributed by atoms with Gasteiger partial charge in [-0.3, -0.25) is 4.98 Å². The van der Waals surface area contributed by atoms with Crippen molar-refractivity contribution >= 4 is 28.2 Å². The molecule has 3 heteroatoms. The third-order valence-electron chi connectivity index (χ3n) is 2.63. The molecule has 0 aliphatic heterocycles. The molecule has 2 aromatic heterocycles. The Bertz CT molecular complexity index is 655. The van der Waals surface area contributed by atoms with Crippen molar-refractivity contribution in [3.05, 3.63) is 47.2 Å². The van der Waals surface area contributed by atoms with Gasteiger partial charge in [-0.15, -0.1) is 0 Å². The number of aromatic nitrogens is 2. The van der Waals surface area contributed by atoms with Gasteiger partial charge in [-0.1, -0.05) is 11.6 Å². The van der Waals surface area contributed by atoms with Crippen LogP contribution in [0.5, 0.6) is 0 Å². The molecule has 0 amide bonds. The van der Waals surface area contributed by atoms with Crippen molar-refractivity contribution in [2.75, 3.05) is 0 Å². The Hall–Kier alpha value is -1.54. The van der Waals surface area contributed by atoms with Gasteiger partial charge in [0.05, 0.1) is 22.7 Å². The second-order valence-corrected chi connectivity index (χ2v) is 4.06. The van der Waals surface area contributed by atoms with Crippen molar-refractivity contribution < 1.29 is 0 Å². The van der Waals surface area contributed by atoms with E-state index in [1.165, 1.54) is 0 Å². The summed E-state index contributed by atoms with van der Waals surface area (Å²) in [6.07, 6.45) is 3.89. The van der Waals surface area contributed by atoms with E-state index in [1.807, 2.05) is 43.6 Å². The van der Waals surface area contributed by atoms with Crippen molar-refractivity contribution in [2.24, 2.45) is 0 Å². The first kappa shape index (κ1) is 8.74. The minimum atomic E-state index is 0.783. The van der Waals surface area contributed by atoms with Crippen LogP contribution < -0.4 is 0 Å². The Morgan fingerprint density at radius 2 is 2.20 bits per heavy atom. The van der Waals surface area contributed by atoms with Crippen LogP contribution in [0.2, 0.25) is 5.02 Å². The first-order valence-electron chi connectivity index (χ1n) is 4.77. The van der Waals surface area contributed by atoms with Crippen LogP contribution in [-0.4, -0.2) is 9.38 Å². The average molecular weight is 217 g/mol. The van der Waals surface area contributed by atoms with Crippen LogP contribution in [0.3, 0.4) is 0 Å². The molecule has 0 radical (unpaired) electrons. The zero-order valence-electron chi connectivity index (χ0n) is 8.24. The summed E-state index contributed by atoms with van der Waals surface area (Å²) in [5, 5.41) is 0.783. The SMILES string of the molecule is Cc1cc2ncc3cccn3c2cc1Cl. The summed E-state index contributed by atoms with van der Waals surface area (Å²) in [5.74, 6) is 0. The Labute approximate surface area is 92.1 Å². The Morgan fingerprint density at radius 1 is 1.33 bits per heavy atom. The van der Waals surface area contributed by atoms with Crippen LogP contribution in [0.15, 0.2) is 36.7 Å². The number of fused-ring (bicyclic) bond motifs is 3. The Kier molecular flexibility index (Phi) is 1.73. The maximum atomic E-state index is 6.11. The predicted octanol–water partition coefficient (Wildman–Crippen LogP) is 3.45. The van der Waals surface area contributed by atoms with Gasteiger partial charge in [-0.05, 0) is 36.8 Å². The lowest BCUT2D eigenvalue weighted by atomic mass is 10.2. The number of aryl methyl sites for hydroxylation is 1. The summed E-state index contributed by atoms with van der Waals surface area (Å²) in [6.45, 7) is 1.99. The summed E-state index contributed by atoms with van der Waals surface area (Å²) >= 11 is 6.11. The average Bonchev–Trinajstić information content (AvgIpc) is 2.68. The quantitative estimate of drug-likeness (QED) is 0.563. The topological polar surface area (TPSA) is 17.3 Å². The highest BCUT2D eigenvalue weighted by atomic mass is 35.5. The molecule has 0 atom stereocenters. The van der Waals surface area contributed by atoms with Gasteiger partial charge in [0.1, 0.15) is 0 Å². The zero-order valence-corrected chi connectivity index (χ0v) is 8.99. The molecule has 0 N–H and O–H groups in total. The number of hydrogen-bond acceptors (Lipinski definition) is 1. The van der Waals surface area contributed by atoms with E-state index in [9.17, 15) is 0 Å².